The summed E-state index contributed by atoms with van der Waals surface area (Å²) in [6.07, 6.45) is 2.10. The Morgan fingerprint density at radius 3 is 2.00 bits per heavy atom. The molecule has 0 fully saturated rings. The first-order valence-corrected chi connectivity index (χ1v) is 3.68. The highest BCUT2D eigenvalue weighted by molar-refractivity contribution is 4.98. The molecule has 0 aromatic carbocycles. The van der Waals surface area contributed by atoms with Crippen molar-refractivity contribution in [2.24, 2.45) is 5.92 Å². The van der Waals surface area contributed by atoms with E-state index in [9.17, 15) is 0 Å². The monoisotopic (exact) mass is 142 g/mol. The summed E-state index contributed by atoms with van der Waals surface area (Å²) < 4.78 is 0. The molecule has 0 saturated carbocycles. The highest BCUT2D eigenvalue weighted by atomic mass is 15.5. The molecule has 0 unspecified atom stereocenters. The average Bonchev–Trinajstić information content (AvgIpc) is 1.81. The molecule has 0 heterocycles. The van der Waals surface area contributed by atoms with Crippen LogP contribution in [0, 0.1) is 5.92 Å². The molecule has 0 atom stereocenters. The summed E-state index contributed by atoms with van der Waals surface area (Å²) in [5.74, 6) is 0.576. The minimum atomic E-state index is 0.576. The minimum absolute atomic E-state index is 0.576. The fourth-order valence-corrected chi connectivity index (χ4v) is 0.785. The molecule has 2 heteroatoms. The van der Waals surface area contributed by atoms with Gasteiger partial charge in [-0.15, -0.1) is 0 Å². The van der Waals surface area contributed by atoms with E-state index >= 15 is 0 Å². The van der Waals surface area contributed by atoms with Gasteiger partial charge in [0.1, 0.15) is 0 Å². The van der Waals surface area contributed by atoms with Crippen molar-refractivity contribution in [2.45, 2.75) is 20.8 Å². The summed E-state index contributed by atoms with van der Waals surface area (Å²) in [5, 5.41) is 1.95. The van der Waals surface area contributed by atoms with E-state index in [1.165, 1.54) is 5.70 Å². The van der Waals surface area contributed by atoms with Gasteiger partial charge in [-0.2, -0.15) is 0 Å². The zero-order valence-electron chi connectivity index (χ0n) is 7.60. The third-order valence-corrected chi connectivity index (χ3v) is 1.29. The molecule has 0 aromatic rings. The molecule has 1 N–H and O–H groups in total. The SMILES string of the molecule is C/C=C(/NN(C)C)C(C)C. The molecule has 0 spiro atoms. The predicted molar refractivity (Wildman–Crippen MR) is 45.4 cm³/mol. The Kier molecular flexibility index (Phi) is 4.12. The first kappa shape index (κ1) is 9.50. The Balaban J connectivity index is 3.86. The van der Waals surface area contributed by atoms with Crippen molar-refractivity contribution >= 4 is 0 Å². The lowest BCUT2D eigenvalue weighted by Crippen LogP contribution is -2.31. The molecule has 0 bridgehead atoms. The van der Waals surface area contributed by atoms with Crippen LogP contribution in [0.5, 0.6) is 0 Å². The number of rotatable bonds is 3. The van der Waals surface area contributed by atoms with Crippen LogP contribution in [0.15, 0.2) is 11.8 Å². The van der Waals surface area contributed by atoms with E-state index in [0.717, 1.165) is 0 Å². The normalized spacial score (nSPS) is 12.9. The quantitative estimate of drug-likeness (QED) is 0.602. The Labute approximate surface area is 63.9 Å². The van der Waals surface area contributed by atoms with E-state index in [1.54, 1.807) is 0 Å². The molecule has 10 heavy (non-hydrogen) atoms. The molecule has 0 saturated heterocycles. The van der Waals surface area contributed by atoms with Crippen molar-refractivity contribution < 1.29 is 0 Å². The molecule has 60 valence electrons. The van der Waals surface area contributed by atoms with Gasteiger partial charge in [-0.05, 0) is 12.8 Å². The largest absolute Gasteiger partial charge is 0.324 e. The second kappa shape index (κ2) is 4.34. The molecule has 0 amide bonds. The van der Waals surface area contributed by atoms with Gasteiger partial charge < -0.3 is 5.43 Å². The molecule has 0 aliphatic rings. The van der Waals surface area contributed by atoms with Crippen molar-refractivity contribution in [1.82, 2.24) is 10.4 Å². The van der Waals surface area contributed by atoms with Crippen LogP contribution in [0.2, 0.25) is 0 Å². The molecule has 0 radical (unpaired) electrons. The maximum Gasteiger partial charge on any atom is 0.0246 e. The van der Waals surface area contributed by atoms with Crippen molar-refractivity contribution in [1.29, 1.82) is 0 Å². The lowest BCUT2D eigenvalue weighted by Gasteiger charge is -2.19. The van der Waals surface area contributed by atoms with Crippen LogP contribution >= 0.6 is 0 Å². The molecule has 0 rings (SSSR count). The van der Waals surface area contributed by atoms with Crippen molar-refractivity contribution in [3.05, 3.63) is 11.8 Å². The highest BCUT2D eigenvalue weighted by Gasteiger charge is 2.00. The van der Waals surface area contributed by atoms with Crippen LogP contribution in [0.4, 0.5) is 0 Å². The van der Waals surface area contributed by atoms with Crippen LogP contribution in [0.1, 0.15) is 20.8 Å². The molecule has 0 aromatic heterocycles. The van der Waals surface area contributed by atoms with Gasteiger partial charge >= 0.3 is 0 Å². The number of hydrogen-bond donors (Lipinski definition) is 1. The number of nitrogens with zero attached hydrogens (tertiary/aromatic N) is 1. The van der Waals surface area contributed by atoms with Crippen LogP contribution in [0.25, 0.3) is 0 Å². The van der Waals surface area contributed by atoms with Gasteiger partial charge in [0, 0.05) is 19.8 Å². The fourth-order valence-electron chi connectivity index (χ4n) is 0.785. The molecular weight excluding hydrogens is 124 g/mol. The third-order valence-electron chi connectivity index (χ3n) is 1.29. The summed E-state index contributed by atoms with van der Waals surface area (Å²) in [6.45, 7) is 6.39. The van der Waals surface area contributed by atoms with Gasteiger partial charge in [0.05, 0.1) is 0 Å². The summed E-state index contributed by atoms with van der Waals surface area (Å²) in [5.41, 5.74) is 4.49. The number of hydrogen-bond acceptors (Lipinski definition) is 2. The van der Waals surface area contributed by atoms with Gasteiger partial charge in [0.15, 0.2) is 0 Å². The minimum Gasteiger partial charge on any atom is -0.324 e. The average molecular weight is 142 g/mol. The summed E-state index contributed by atoms with van der Waals surface area (Å²) in [6, 6.07) is 0. The van der Waals surface area contributed by atoms with Gasteiger partial charge in [-0.1, -0.05) is 19.9 Å². The van der Waals surface area contributed by atoms with Crippen molar-refractivity contribution in [3.63, 3.8) is 0 Å². The molecule has 0 aliphatic carbocycles. The lowest BCUT2D eigenvalue weighted by molar-refractivity contribution is 0.311. The summed E-state index contributed by atoms with van der Waals surface area (Å²) in [7, 11) is 3.98. The van der Waals surface area contributed by atoms with E-state index in [2.05, 4.69) is 25.3 Å². The van der Waals surface area contributed by atoms with Crippen molar-refractivity contribution in [3.8, 4) is 0 Å². The number of allylic oxidation sites excluding steroid dienone is 2. The maximum atomic E-state index is 3.22. The van der Waals surface area contributed by atoms with E-state index in [4.69, 9.17) is 0 Å². The summed E-state index contributed by atoms with van der Waals surface area (Å²) >= 11 is 0. The Hall–Kier alpha value is -0.500. The van der Waals surface area contributed by atoms with Gasteiger partial charge in [0.2, 0.25) is 0 Å². The van der Waals surface area contributed by atoms with Crippen LogP contribution in [-0.2, 0) is 0 Å². The first-order chi connectivity index (χ1) is 4.57. The lowest BCUT2D eigenvalue weighted by atomic mass is 10.1. The fraction of sp³-hybridized carbons (Fsp3) is 0.750. The zero-order chi connectivity index (χ0) is 8.15. The molecule has 2 nitrogen and oxygen atoms in total. The molecular formula is C8H18N2. The second-order valence-electron chi connectivity index (χ2n) is 2.90. The topological polar surface area (TPSA) is 15.3 Å². The summed E-state index contributed by atoms with van der Waals surface area (Å²) in [4.78, 5) is 0. The highest BCUT2D eigenvalue weighted by Crippen LogP contribution is 2.04. The first-order valence-electron chi connectivity index (χ1n) is 3.68. The van der Waals surface area contributed by atoms with Gasteiger partial charge in [-0.25, -0.2) is 5.01 Å². The van der Waals surface area contributed by atoms with Gasteiger partial charge in [0.25, 0.3) is 0 Å². The third kappa shape index (κ3) is 3.51. The number of hydrazine groups is 1. The van der Waals surface area contributed by atoms with Crippen LogP contribution in [-0.4, -0.2) is 19.1 Å². The Bertz CT molecular complexity index is 114. The maximum absolute atomic E-state index is 3.22. The Morgan fingerprint density at radius 2 is 1.90 bits per heavy atom. The predicted octanol–water partition coefficient (Wildman–Crippen LogP) is 1.61. The van der Waals surface area contributed by atoms with E-state index in [0.29, 0.717) is 5.92 Å². The van der Waals surface area contributed by atoms with Crippen LogP contribution < -0.4 is 5.43 Å². The zero-order valence-corrected chi connectivity index (χ0v) is 7.60. The van der Waals surface area contributed by atoms with Crippen LogP contribution in [0.3, 0.4) is 0 Å². The van der Waals surface area contributed by atoms with E-state index in [1.807, 2.05) is 26.0 Å². The molecule has 0 aliphatic heterocycles. The second-order valence-corrected chi connectivity index (χ2v) is 2.90. The smallest absolute Gasteiger partial charge is 0.0246 e. The van der Waals surface area contributed by atoms with E-state index < -0.39 is 0 Å². The Morgan fingerprint density at radius 1 is 1.40 bits per heavy atom. The van der Waals surface area contributed by atoms with Crippen molar-refractivity contribution in [2.75, 3.05) is 14.1 Å². The van der Waals surface area contributed by atoms with E-state index in [-0.39, 0.29) is 0 Å². The number of nitrogens with one attached hydrogen (secondary N) is 1. The van der Waals surface area contributed by atoms with Gasteiger partial charge in [-0.3, -0.25) is 0 Å². The standard InChI is InChI=1S/C8H18N2/c1-6-8(7(2)3)9-10(4)5/h6-7,9H,1-5H3/b8-6+.